The number of nitrogens with one attached hydrogen (secondary N) is 2. The lowest BCUT2D eigenvalue weighted by molar-refractivity contribution is -0.126. The number of rotatable bonds is 5. The summed E-state index contributed by atoms with van der Waals surface area (Å²) in [6, 6.07) is 4.59. The molecule has 3 N–H and O–H groups in total. The average molecular weight is 435 g/mol. The van der Waals surface area contributed by atoms with Gasteiger partial charge in [-0.25, -0.2) is 14.9 Å². The maximum Gasteiger partial charge on any atom is 0.303 e. The van der Waals surface area contributed by atoms with Gasteiger partial charge in [0, 0.05) is 24.8 Å². The molecule has 0 bridgehead atoms. The topological polar surface area (TPSA) is 77.5 Å². The molecule has 0 spiro atoms. The Labute approximate surface area is 177 Å². The Balaban J connectivity index is 0.00000196. The van der Waals surface area contributed by atoms with E-state index in [1.165, 1.54) is 56.7 Å². The number of carbonyl (C=O) groups is 1. The van der Waals surface area contributed by atoms with Crippen molar-refractivity contribution >= 4 is 42.6 Å². The van der Waals surface area contributed by atoms with Crippen LogP contribution in [0.2, 0.25) is 0 Å². The Bertz CT molecular complexity index is 639. The molecule has 28 heavy (non-hydrogen) atoms. The fourth-order valence-corrected chi connectivity index (χ4v) is 3.95. The number of likely N-dealkylation sites (tertiary alicyclic amines) is 1. The molecule has 158 valence electrons. The van der Waals surface area contributed by atoms with Gasteiger partial charge in [-0.15, -0.1) is 24.8 Å². The van der Waals surface area contributed by atoms with Crippen LogP contribution in [0, 0.1) is 0 Å². The van der Waals surface area contributed by atoms with Gasteiger partial charge in [0.2, 0.25) is 0 Å². The van der Waals surface area contributed by atoms with E-state index in [4.69, 9.17) is 5.21 Å². The third kappa shape index (κ3) is 6.88. The van der Waals surface area contributed by atoms with E-state index in [2.05, 4.69) is 15.2 Å². The van der Waals surface area contributed by atoms with Gasteiger partial charge in [-0.05, 0) is 56.0 Å². The molecular formula is C19H29Cl2FN4O2. The van der Waals surface area contributed by atoms with Crippen LogP contribution in [0.1, 0.15) is 50.5 Å². The zero-order valence-electron chi connectivity index (χ0n) is 15.8. The van der Waals surface area contributed by atoms with Crippen molar-refractivity contribution < 1.29 is 14.4 Å². The predicted octanol–water partition coefficient (Wildman–Crippen LogP) is 3.95. The first-order valence-electron chi connectivity index (χ1n) is 9.44. The number of aromatic nitrogens is 1. The third-order valence-corrected chi connectivity index (χ3v) is 5.29. The Morgan fingerprint density at radius 1 is 1.18 bits per heavy atom. The first-order valence-corrected chi connectivity index (χ1v) is 9.44. The number of hydrogen-bond donors (Lipinski definition) is 3. The van der Waals surface area contributed by atoms with Gasteiger partial charge in [0.25, 0.3) is 0 Å². The van der Waals surface area contributed by atoms with Crippen LogP contribution in [-0.4, -0.2) is 46.2 Å². The third-order valence-electron chi connectivity index (χ3n) is 5.29. The van der Waals surface area contributed by atoms with E-state index in [0.717, 1.165) is 30.9 Å². The van der Waals surface area contributed by atoms with Crippen LogP contribution in [-0.2, 0) is 4.79 Å². The molecule has 1 aliphatic carbocycles. The minimum Gasteiger partial charge on any atom is -0.366 e. The highest BCUT2D eigenvalue weighted by Crippen LogP contribution is 2.26. The van der Waals surface area contributed by atoms with Gasteiger partial charge in [-0.3, -0.25) is 14.9 Å². The van der Waals surface area contributed by atoms with Gasteiger partial charge >= 0.3 is 5.91 Å². The summed E-state index contributed by atoms with van der Waals surface area (Å²) in [5.74, 6) is -1.48. The molecule has 1 saturated carbocycles. The molecule has 0 radical (unpaired) electrons. The fraction of sp³-hybridized carbons (Fsp3) is 0.579. The summed E-state index contributed by atoms with van der Waals surface area (Å²) in [5, 5.41) is 11.9. The molecule has 0 aromatic carbocycles. The van der Waals surface area contributed by atoms with Gasteiger partial charge in [-0.2, -0.15) is 0 Å². The van der Waals surface area contributed by atoms with Crippen LogP contribution in [0.25, 0.3) is 6.08 Å². The molecule has 3 rings (SSSR count). The Kier molecular flexibility index (Phi) is 10.7. The first kappa shape index (κ1) is 24.6. The summed E-state index contributed by atoms with van der Waals surface area (Å²) >= 11 is 0. The minimum atomic E-state index is -1.17. The molecule has 1 aromatic rings. The quantitative estimate of drug-likeness (QED) is 0.371. The molecule has 1 aliphatic heterocycles. The van der Waals surface area contributed by atoms with Gasteiger partial charge in [0.15, 0.2) is 5.83 Å². The molecule has 9 heteroatoms. The van der Waals surface area contributed by atoms with Gasteiger partial charge in [0.1, 0.15) is 5.82 Å². The predicted molar refractivity (Wildman–Crippen MR) is 113 cm³/mol. The second-order valence-corrected chi connectivity index (χ2v) is 7.18. The summed E-state index contributed by atoms with van der Waals surface area (Å²) in [6.07, 6.45) is 11.6. The van der Waals surface area contributed by atoms with E-state index in [9.17, 15) is 9.18 Å². The van der Waals surface area contributed by atoms with Crippen molar-refractivity contribution in [3.8, 4) is 0 Å². The lowest BCUT2D eigenvalue weighted by Crippen LogP contribution is -2.47. The Hall–Kier alpha value is -1.41. The molecule has 2 fully saturated rings. The number of nitrogens with zero attached hydrogens (tertiary/aromatic N) is 2. The second kappa shape index (κ2) is 12.2. The van der Waals surface area contributed by atoms with Crippen LogP contribution in [0.4, 0.5) is 10.2 Å². The highest BCUT2D eigenvalue weighted by Gasteiger charge is 2.26. The number of hydroxylamine groups is 1. The molecule has 1 aromatic heterocycles. The summed E-state index contributed by atoms with van der Waals surface area (Å²) in [5.41, 5.74) is 1.72. The SMILES string of the molecule is Cl.Cl.O=C(NO)/C(F)=C\c1ccc(N[C@@H]2CCCN(C3CCCCC3)C2)nc1. The van der Waals surface area contributed by atoms with Crippen LogP contribution in [0.15, 0.2) is 24.2 Å². The molecule has 1 atom stereocenters. The number of hydrogen-bond acceptors (Lipinski definition) is 5. The van der Waals surface area contributed by atoms with E-state index in [1.807, 2.05) is 0 Å². The van der Waals surface area contributed by atoms with E-state index in [-0.39, 0.29) is 24.8 Å². The molecule has 0 unspecified atom stereocenters. The average Bonchev–Trinajstić information content (AvgIpc) is 2.69. The summed E-state index contributed by atoms with van der Waals surface area (Å²) in [6.45, 7) is 2.23. The van der Waals surface area contributed by atoms with Crippen molar-refractivity contribution in [2.75, 3.05) is 18.4 Å². The number of piperidine rings is 1. The normalized spacial score (nSPS) is 21.2. The maximum absolute atomic E-state index is 13.4. The zero-order chi connectivity index (χ0) is 18.4. The second-order valence-electron chi connectivity index (χ2n) is 7.18. The molecule has 2 aliphatic rings. The van der Waals surface area contributed by atoms with Gasteiger partial charge < -0.3 is 5.32 Å². The highest BCUT2D eigenvalue weighted by atomic mass is 35.5. The fourth-order valence-electron chi connectivity index (χ4n) is 3.95. The smallest absolute Gasteiger partial charge is 0.303 e. The van der Waals surface area contributed by atoms with Crippen molar-refractivity contribution in [1.29, 1.82) is 0 Å². The van der Waals surface area contributed by atoms with Crippen molar-refractivity contribution in [2.45, 2.75) is 57.0 Å². The number of carbonyl (C=O) groups excluding carboxylic acids is 1. The first-order chi connectivity index (χ1) is 12.7. The van der Waals surface area contributed by atoms with Crippen molar-refractivity contribution in [3.05, 3.63) is 29.7 Å². The van der Waals surface area contributed by atoms with Crippen molar-refractivity contribution in [2.24, 2.45) is 0 Å². The van der Waals surface area contributed by atoms with E-state index >= 15 is 0 Å². The minimum absolute atomic E-state index is 0. The molecule has 1 saturated heterocycles. The van der Waals surface area contributed by atoms with Crippen molar-refractivity contribution in [3.63, 3.8) is 0 Å². The zero-order valence-corrected chi connectivity index (χ0v) is 17.4. The molecule has 6 nitrogen and oxygen atoms in total. The lowest BCUT2D eigenvalue weighted by Gasteiger charge is -2.40. The molecular weight excluding hydrogens is 406 g/mol. The van der Waals surface area contributed by atoms with E-state index in [0.29, 0.717) is 11.6 Å². The standard InChI is InChI=1S/C19H27FN4O2.2ClH/c20-17(19(25)23-26)11-14-8-9-18(21-12-14)22-15-5-4-10-24(13-15)16-6-2-1-3-7-16;;/h8-9,11-12,15-16,26H,1-7,10,13H2,(H,21,22)(H,23,25);2*1H/b17-11+;;/t15-;;/m1../s1. The summed E-state index contributed by atoms with van der Waals surface area (Å²) in [4.78, 5) is 17.9. The van der Waals surface area contributed by atoms with Crippen molar-refractivity contribution in [1.82, 2.24) is 15.4 Å². The number of pyridine rings is 1. The Morgan fingerprint density at radius 3 is 2.57 bits per heavy atom. The molecule has 1 amide bonds. The van der Waals surface area contributed by atoms with Crippen LogP contribution < -0.4 is 10.8 Å². The molecule has 2 heterocycles. The van der Waals surface area contributed by atoms with E-state index in [1.54, 1.807) is 12.1 Å². The van der Waals surface area contributed by atoms with E-state index < -0.39 is 11.7 Å². The van der Waals surface area contributed by atoms with Crippen LogP contribution in [0.3, 0.4) is 0 Å². The van der Waals surface area contributed by atoms with Crippen LogP contribution in [0.5, 0.6) is 0 Å². The maximum atomic E-state index is 13.4. The van der Waals surface area contributed by atoms with Gasteiger partial charge in [0.05, 0.1) is 0 Å². The van der Waals surface area contributed by atoms with Crippen LogP contribution >= 0.6 is 24.8 Å². The van der Waals surface area contributed by atoms with Gasteiger partial charge in [-0.1, -0.05) is 19.3 Å². The number of anilines is 1. The number of halogens is 3. The largest absolute Gasteiger partial charge is 0.366 e. The highest BCUT2D eigenvalue weighted by molar-refractivity contribution is 5.94. The summed E-state index contributed by atoms with van der Waals surface area (Å²) < 4.78 is 13.4. The Morgan fingerprint density at radius 2 is 1.93 bits per heavy atom. The lowest BCUT2D eigenvalue weighted by atomic mass is 9.92. The monoisotopic (exact) mass is 434 g/mol. The number of amides is 1. The summed E-state index contributed by atoms with van der Waals surface area (Å²) in [7, 11) is 0.